The van der Waals surface area contributed by atoms with Gasteiger partial charge in [0.15, 0.2) is 17.4 Å². The molecule has 6 nitrogen and oxygen atoms in total. The van der Waals surface area contributed by atoms with Crippen LogP contribution in [-0.4, -0.2) is 46.8 Å². The molecule has 0 aliphatic carbocycles. The summed E-state index contributed by atoms with van der Waals surface area (Å²) in [6.07, 6.45) is 2.21. The van der Waals surface area contributed by atoms with E-state index in [0.717, 1.165) is 24.0 Å². The van der Waals surface area contributed by atoms with Crippen LogP contribution in [0, 0.1) is 6.92 Å². The Morgan fingerprint density at radius 2 is 2.07 bits per heavy atom. The van der Waals surface area contributed by atoms with E-state index in [2.05, 4.69) is 25.3 Å². The van der Waals surface area contributed by atoms with E-state index in [1.165, 1.54) is 0 Å². The van der Waals surface area contributed by atoms with Gasteiger partial charge in [0.05, 0.1) is 6.54 Å². The number of Topliss-reactive ketones (excluding diaryl/α,β-unsaturated/α-hetero) is 1. The molecule has 6 heteroatoms. The zero-order valence-electron chi connectivity index (χ0n) is 17.7. The molecule has 1 aliphatic rings. The third-order valence-corrected chi connectivity index (χ3v) is 5.21. The van der Waals surface area contributed by atoms with Gasteiger partial charge in [-0.15, -0.1) is 5.73 Å². The number of rotatable bonds is 6. The number of ketones is 1. The van der Waals surface area contributed by atoms with Crippen molar-refractivity contribution in [3.63, 3.8) is 0 Å². The number of aromatic nitrogens is 2. The van der Waals surface area contributed by atoms with E-state index in [-0.39, 0.29) is 18.2 Å². The van der Waals surface area contributed by atoms with Crippen LogP contribution in [0.1, 0.15) is 53.6 Å². The molecule has 0 atom stereocenters. The fourth-order valence-electron chi connectivity index (χ4n) is 3.62. The molecule has 152 valence electrons. The number of amides is 1. The zero-order chi connectivity index (χ0) is 21.1. The van der Waals surface area contributed by atoms with Crippen molar-refractivity contribution in [1.82, 2.24) is 14.5 Å². The number of unbranched alkanes of at least 4 members (excludes halogenated alkanes) is 1. The van der Waals surface area contributed by atoms with Gasteiger partial charge in [0.25, 0.3) is 0 Å². The number of likely N-dealkylation sites (N-methyl/N-ethyl adjacent to an activating group) is 2. The molecule has 3 rings (SSSR count). The van der Waals surface area contributed by atoms with Crippen LogP contribution in [0.25, 0.3) is 5.70 Å². The molecule has 1 amide bonds. The van der Waals surface area contributed by atoms with Gasteiger partial charge in [-0.3, -0.25) is 9.59 Å². The molecule has 0 saturated heterocycles. The molecular weight excluding hydrogens is 364 g/mol. The maximum absolute atomic E-state index is 13.0. The highest BCUT2D eigenvalue weighted by atomic mass is 16.2. The molecule has 0 bridgehead atoms. The fraction of sp³-hybridized carbons (Fsp3) is 0.391. The number of anilines is 1. The Hall–Kier alpha value is -3.11. The molecule has 2 aromatic rings. The van der Waals surface area contributed by atoms with Crippen LogP contribution >= 0.6 is 0 Å². The molecule has 1 aromatic heterocycles. The van der Waals surface area contributed by atoms with E-state index in [0.29, 0.717) is 36.0 Å². The number of carbonyl (C=O) groups excluding carboxylic acids is 2. The van der Waals surface area contributed by atoms with Gasteiger partial charge in [0.1, 0.15) is 11.4 Å². The second-order valence-corrected chi connectivity index (χ2v) is 7.54. The number of fused-ring (bicyclic) bond motifs is 1. The number of nitrogens with zero attached hydrogens (tertiary/aromatic N) is 4. The van der Waals surface area contributed by atoms with Gasteiger partial charge in [-0.05, 0) is 18.9 Å². The molecule has 0 radical (unpaired) electrons. The minimum Gasteiger partial charge on any atom is -0.348 e. The van der Waals surface area contributed by atoms with Crippen LogP contribution < -0.4 is 4.90 Å². The monoisotopic (exact) mass is 392 g/mol. The van der Waals surface area contributed by atoms with Crippen molar-refractivity contribution in [2.75, 3.05) is 25.5 Å². The van der Waals surface area contributed by atoms with Crippen LogP contribution in [0.4, 0.5) is 5.82 Å². The Morgan fingerprint density at radius 1 is 1.31 bits per heavy atom. The summed E-state index contributed by atoms with van der Waals surface area (Å²) in [7, 11) is 3.53. The Balaban J connectivity index is 2.21. The second-order valence-electron chi connectivity index (χ2n) is 7.54. The predicted molar refractivity (Wildman–Crippen MR) is 115 cm³/mol. The van der Waals surface area contributed by atoms with Gasteiger partial charge >= 0.3 is 0 Å². The molecule has 0 spiro atoms. The lowest BCUT2D eigenvalue weighted by atomic mass is 10.1. The molecule has 0 fully saturated rings. The molecule has 0 unspecified atom stereocenters. The van der Waals surface area contributed by atoms with Crippen molar-refractivity contribution in [3.8, 4) is 0 Å². The number of imidazole rings is 1. The maximum Gasteiger partial charge on any atom is 0.246 e. The SMILES string of the molecule is C=C=C1c2c(nc(C(=O)CCCC)n2Cc2cccc(C)c2)N(C)CC(=O)N1C. The molecule has 1 aliphatic heterocycles. The van der Waals surface area contributed by atoms with Crippen molar-refractivity contribution in [2.45, 2.75) is 39.7 Å². The first kappa shape index (κ1) is 20.6. The van der Waals surface area contributed by atoms with Crippen molar-refractivity contribution in [3.05, 3.63) is 59.2 Å². The topological polar surface area (TPSA) is 58.4 Å². The molecule has 2 heterocycles. The van der Waals surface area contributed by atoms with Gasteiger partial charge < -0.3 is 14.4 Å². The summed E-state index contributed by atoms with van der Waals surface area (Å²) in [6.45, 7) is 8.57. The molecule has 29 heavy (non-hydrogen) atoms. The Morgan fingerprint density at radius 3 is 2.72 bits per heavy atom. The number of hydrogen-bond donors (Lipinski definition) is 0. The van der Waals surface area contributed by atoms with Crippen LogP contribution in [0.2, 0.25) is 0 Å². The summed E-state index contributed by atoms with van der Waals surface area (Å²) >= 11 is 0. The Labute approximate surface area is 172 Å². The highest BCUT2D eigenvalue weighted by Gasteiger charge is 2.33. The van der Waals surface area contributed by atoms with E-state index >= 15 is 0 Å². The normalized spacial score (nSPS) is 13.9. The van der Waals surface area contributed by atoms with Crippen molar-refractivity contribution in [1.29, 1.82) is 0 Å². The quantitative estimate of drug-likeness (QED) is 0.556. The first-order chi connectivity index (χ1) is 13.9. The summed E-state index contributed by atoms with van der Waals surface area (Å²) in [4.78, 5) is 33.6. The third kappa shape index (κ3) is 4.03. The van der Waals surface area contributed by atoms with Crippen molar-refractivity contribution >= 4 is 23.2 Å². The smallest absolute Gasteiger partial charge is 0.246 e. The molecular formula is C23H28N4O2. The van der Waals surface area contributed by atoms with Gasteiger partial charge in [0, 0.05) is 27.1 Å². The van der Waals surface area contributed by atoms with Crippen LogP contribution in [0.3, 0.4) is 0 Å². The first-order valence-electron chi connectivity index (χ1n) is 9.94. The number of benzene rings is 1. The lowest BCUT2D eigenvalue weighted by Crippen LogP contribution is -2.33. The fourth-order valence-corrected chi connectivity index (χ4v) is 3.62. The highest BCUT2D eigenvalue weighted by molar-refractivity contribution is 5.97. The first-order valence-corrected chi connectivity index (χ1v) is 9.94. The largest absolute Gasteiger partial charge is 0.348 e. The third-order valence-electron chi connectivity index (χ3n) is 5.21. The highest BCUT2D eigenvalue weighted by Crippen LogP contribution is 2.33. The summed E-state index contributed by atoms with van der Waals surface area (Å²) < 4.78 is 1.92. The lowest BCUT2D eigenvalue weighted by Gasteiger charge is -2.19. The Kier molecular flexibility index (Phi) is 6.04. The number of hydrogen-bond acceptors (Lipinski definition) is 4. The van der Waals surface area contributed by atoms with Gasteiger partial charge in [0.2, 0.25) is 5.91 Å². The standard InChI is InChI=1S/C23H28N4O2/c1-6-8-12-19(28)22-24-23-21(18(7-2)26(5)20(29)15-25(23)4)27(22)14-17-11-9-10-16(3)13-17/h9-11,13H,2,6,8,12,14-15H2,1,3-5H3. The van der Waals surface area contributed by atoms with E-state index in [1.807, 2.05) is 36.7 Å². The van der Waals surface area contributed by atoms with E-state index in [1.54, 1.807) is 16.8 Å². The summed E-state index contributed by atoms with van der Waals surface area (Å²) in [5.74, 6) is 0.977. The van der Waals surface area contributed by atoms with E-state index < -0.39 is 0 Å². The van der Waals surface area contributed by atoms with Gasteiger partial charge in [-0.2, -0.15) is 0 Å². The lowest BCUT2D eigenvalue weighted by molar-refractivity contribution is -0.125. The van der Waals surface area contributed by atoms with Crippen LogP contribution in [0.5, 0.6) is 0 Å². The Bertz CT molecular complexity index is 998. The minimum atomic E-state index is -0.0717. The summed E-state index contributed by atoms with van der Waals surface area (Å²) in [5, 5.41) is 0. The number of carbonyl (C=O) groups is 2. The average Bonchev–Trinajstić information content (AvgIpc) is 3.02. The maximum atomic E-state index is 13.0. The predicted octanol–water partition coefficient (Wildman–Crippen LogP) is 3.65. The molecule has 0 N–H and O–H groups in total. The van der Waals surface area contributed by atoms with Crippen molar-refractivity contribution < 1.29 is 9.59 Å². The van der Waals surface area contributed by atoms with Gasteiger partial charge in [-0.25, -0.2) is 4.98 Å². The summed E-state index contributed by atoms with van der Waals surface area (Å²) in [5.41, 5.74) is 6.38. The van der Waals surface area contributed by atoms with E-state index in [4.69, 9.17) is 4.98 Å². The minimum absolute atomic E-state index is 0.0124. The van der Waals surface area contributed by atoms with Crippen LogP contribution in [-0.2, 0) is 11.3 Å². The van der Waals surface area contributed by atoms with Crippen LogP contribution in [0.15, 0.2) is 36.6 Å². The summed E-state index contributed by atoms with van der Waals surface area (Å²) in [6, 6.07) is 8.18. The second kappa shape index (κ2) is 8.50. The van der Waals surface area contributed by atoms with Crippen molar-refractivity contribution in [2.24, 2.45) is 0 Å². The zero-order valence-corrected chi connectivity index (χ0v) is 17.7. The van der Waals surface area contributed by atoms with E-state index in [9.17, 15) is 9.59 Å². The molecule has 1 aromatic carbocycles. The average molecular weight is 393 g/mol. The molecule has 0 saturated carbocycles. The number of aryl methyl sites for hydroxylation is 1. The van der Waals surface area contributed by atoms with Gasteiger partial charge in [-0.1, -0.05) is 49.8 Å².